The fourth-order valence-corrected chi connectivity index (χ4v) is 3.75. The minimum absolute atomic E-state index is 0.386. The first kappa shape index (κ1) is 15.9. The number of carbonyl (C=O) groups excluding carboxylic acids is 1. The molecule has 0 radical (unpaired) electrons. The Bertz CT molecular complexity index is 689. The molecule has 4 nitrogen and oxygen atoms in total. The molecular weight excluding hydrogens is 308 g/mol. The van der Waals surface area contributed by atoms with E-state index in [0.29, 0.717) is 0 Å². The van der Waals surface area contributed by atoms with E-state index in [2.05, 4.69) is 34.5 Å². The number of hydrogen-bond donors (Lipinski definition) is 1. The average molecular weight is 330 g/mol. The van der Waals surface area contributed by atoms with Crippen LogP contribution in [-0.2, 0) is 17.7 Å². The monoisotopic (exact) mass is 330 g/mol. The quantitative estimate of drug-likeness (QED) is 0.871. The molecule has 5 heteroatoms. The summed E-state index contributed by atoms with van der Waals surface area (Å²) in [7, 11) is 0. The SMILES string of the molecule is CC(C)(C)OC(=O)Nc1csc2c1CCN(c1ccccc1)C2. The highest BCUT2D eigenvalue weighted by Crippen LogP contribution is 2.34. The van der Waals surface area contributed by atoms with Crippen molar-refractivity contribution in [3.63, 3.8) is 0 Å². The molecule has 3 rings (SSSR count). The Morgan fingerprint density at radius 3 is 2.70 bits per heavy atom. The lowest BCUT2D eigenvalue weighted by Gasteiger charge is -2.29. The number of nitrogens with zero attached hydrogens (tertiary/aromatic N) is 1. The number of fused-ring (bicyclic) bond motifs is 1. The fraction of sp³-hybridized carbons (Fsp3) is 0.389. The second-order valence-corrected chi connectivity index (χ2v) is 7.65. The Labute approximate surface area is 141 Å². The number of thiophene rings is 1. The Kier molecular flexibility index (Phi) is 4.31. The molecule has 1 amide bonds. The molecule has 1 aromatic heterocycles. The van der Waals surface area contributed by atoms with E-state index in [4.69, 9.17) is 4.74 Å². The summed E-state index contributed by atoms with van der Waals surface area (Å²) < 4.78 is 5.34. The van der Waals surface area contributed by atoms with Gasteiger partial charge in [0.2, 0.25) is 0 Å². The van der Waals surface area contributed by atoms with Crippen LogP contribution in [-0.4, -0.2) is 18.2 Å². The van der Waals surface area contributed by atoms with Crippen LogP contribution in [0.4, 0.5) is 16.2 Å². The van der Waals surface area contributed by atoms with Gasteiger partial charge in [-0.05, 0) is 44.9 Å². The first-order chi connectivity index (χ1) is 10.9. The summed E-state index contributed by atoms with van der Waals surface area (Å²) in [6, 6.07) is 10.4. The summed E-state index contributed by atoms with van der Waals surface area (Å²) in [5, 5.41) is 4.91. The van der Waals surface area contributed by atoms with E-state index in [1.165, 1.54) is 16.1 Å². The molecule has 0 saturated carbocycles. The van der Waals surface area contributed by atoms with Crippen LogP contribution >= 0.6 is 11.3 Å². The molecule has 0 fully saturated rings. The molecule has 0 saturated heterocycles. The van der Waals surface area contributed by atoms with Gasteiger partial charge in [0.15, 0.2) is 0 Å². The van der Waals surface area contributed by atoms with Gasteiger partial charge in [0.05, 0.1) is 12.2 Å². The lowest BCUT2D eigenvalue weighted by Crippen LogP contribution is -2.30. The normalized spacial score (nSPS) is 14.3. The fourth-order valence-electron chi connectivity index (χ4n) is 2.71. The van der Waals surface area contributed by atoms with Crippen LogP contribution in [0.15, 0.2) is 35.7 Å². The number of benzene rings is 1. The van der Waals surface area contributed by atoms with Crippen molar-refractivity contribution in [1.82, 2.24) is 0 Å². The Morgan fingerprint density at radius 2 is 2.00 bits per heavy atom. The highest BCUT2D eigenvalue weighted by atomic mass is 32.1. The van der Waals surface area contributed by atoms with Crippen LogP contribution < -0.4 is 10.2 Å². The summed E-state index contributed by atoms with van der Waals surface area (Å²) in [6.07, 6.45) is 0.544. The number of amides is 1. The molecule has 2 heterocycles. The van der Waals surface area contributed by atoms with Crippen molar-refractivity contribution in [3.05, 3.63) is 46.2 Å². The molecule has 1 N–H and O–H groups in total. The summed E-state index contributed by atoms with van der Waals surface area (Å²) in [6.45, 7) is 7.45. The van der Waals surface area contributed by atoms with Gasteiger partial charge in [-0.25, -0.2) is 4.79 Å². The van der Waals surface area contributed by atoms with Gasteiger partial charge < -0.3 is 9.64 Å². The lowest BCUT2D eigenvalue weighted by atomic mass is 10.1. The third-order valence-electron chi connectivity index (χ3n) is 3.70. The molecule has 1 aliphatic rings. The second-order valence-electron chi connectivity index (χ2n) is 6.69. The third kappa shape index (κ3) is 3.85. The number of ether oxygens (including phenoxy) is 1. The van der Waals surface area contributed by atoms with Gasteiger partial charge in [-0.2, -0.15) is 0 Å². The minimum Gasteiger partial charge on any atom is -0.444 e. The standard InChI is InChI=1S/C18H22N2O2S/c1-18(2,3)22-17(21)19-15-12-23-16-11-20(10-9-14(15)16)13-7-5-4-6-8-13/h4-8,12H,9-11H2,1-3H3,(H,19,21). The first-order valence-corrected chi connectivity index (χ1v) is 8.69. The van der Waals surface area contributed by atoms with Gasteiger partial charge in [-0.3, -0.25) is 5.32 Å². The largest absolute Gasteiger partial charge is 0.444 e. The zero-order chi connectivity index (χ0) is 16.4. The third-order valence-corrected chi connectivity index (χ3v) is 4.72. The maximum absolute atomic E-state index is 12.0. The van der Waals surface area contributed by atoms with Crippen LogP contribution in [0.1, 0.15) is 31.2 Å². The molecule has 0 aliphatic carbocycles. The summed E-state index contributed by atoms with van der Waals surface area (Å²) in [5.74, 6) is 0. The molecule has 122 valence electrons. The number of rotatable bonds is 2. The molecule has 0 atom stereocenters. The average Bonchev–Trinajstić information content (AvgIpc) is 2.88. The van der Waals surface area contributed by atoms with Crippen LogP contribution in [0.2, 0.25) is 0 Å². The van der Waals surface area contributed by atoms with E-state index in [0.717, 1.165) is 25.2 Å². The highest BCUT2D eigenvalue weighted by Gasteiger charge is 2.23. The number of para-hydroxylation sites is 1. The molecule has 1 aromatic carbocycles. The number of carbonyl (C=O) groups is 1. The summed E-state index contributed by atoms with van der Waals surface area (Å²) in [4.78, 5) is 15.6. The van der Waals surface area contributed by atoms with E-state index in [1.54, 1.807) is 11.3 Å². The van der Waals surface area contributed by atoms with Crippen molar-refractivity contribution < 1.29 is 9.53 Å². The first-order valence-electron chi connectivity index (χ1n) is 7.81. The minimum atomic E-state index is -0.482. The number of anilines is 2. The maximum Gasteiger partial charge on any atom is 0.412 e. The predicted octanol–water partition coefficient (Wildman–Crippen LogP) is 4.66. The molecular formula is C18H22N2O2S. The van der Waals surface area contributed by atoms with Gasteiger partial charge in [0, 0.05) is 22.5 Å². The van der Waals surface area contributed by atoms with Crippen molar-refractivity contribution in [2.75, 3.05) is 16.8 Å². The smallest absolute Gasteiger partial charge is 0.412 e. The van der Waals surface area contributed by atoms with Crippen molar-refractivity contribution in [2.24, 2.45) is 0 Å². The number of hydrogen-bond acceptors (Lipinski definition) is 4. The zero-order valence-electron chi connectivity index (χ0n) is 13.8. The second kappa shape index (κ2) is 6.24. The predicted molar refractivity (Wildman–Crippen MR) is 95.4 cm³/mol. The number of nitrogens with one attached hydrogen (secondary N) is 1. The summed E-state index contributed by atoms with van der Waals surface area (Å²) in [5.41, 5.74) is 2.90. The van der Waals surface area contributed by atoms with Crippen molar-refractivity contribution in [3.8, 4) is 0 Å². The molecule has 23 heavy (non-hydrogen) atoms. The Balaban J connectivity index is 1.70. The van der Waals surface area contributed by atoms with Crippen LogP contribution in [0.3, 0.4) is 0 Å². The van der Waals surface area contributed by atoms with Gasteiger partial charge in [-0.1, -0.05) is 18.2 Å². The topological polar surface area (TPSA) is 41.6 Å². The van der Waals surface area contributed by atoms with E-state index < -0.39 is 5.60 Å². The molecule has 0 bridgehead atoms. The van der Waals surface area contributed by atoms with Crippen molar-refractivity contribution >= 4 is 28.8 Å². The molecule has 0 unspecified atom stereocenters. The Hall–Kier alpha value is -2.01. The van der Waals surface area contributed by atoms with Crippen LogP contribution in [0, 0.1) is 0 Å². The molecule has 2 aromatic rings. The van der Waals surface area contributed by atoms with E-state index in [-0.39, 0.29) is 6.09 Å². The van der Waals surface area contributed by atoms with Gasteiger partial charge in [0.1, 0.15) is 5.60 Å². The molecule has 1 aliphatic heterocycles. The highest BCUT2D eigenvalue weighted by molar-refractivity contribution is 7.10. The van der Waals surface area contributed by atoms with Gasteiger partial charge >= 0.3 is 6.09 Å². The van der Waals surface area contributed by atoms with E-state index in [9.17, 15) is 4.79 Å². The summed E-state index contributed by atoms with van der Waals surface area (Å²) >= 11 is 1.70. The Morgan fingerprint density at radius 1 is 1.26 bits per heavy atom. The lowest BCUT2D eigenvalue weighted by molar-refractivity contribution is 0.0636. The van der Waals surface area contributed by atoms with Crippen LogP contribution in [0.25, 0.3) is 0 Å². The van der Waals surface area contributed by atoms with E-state index in [1.807, 2.05) is 32.2 Å². The van der Waals surface area contributed by atoms with Gasteiger partial charge in [0.25, 0.3) is 0 Å². The van der Waals surface area contributed by atoms with Gasteiger partial charge in [-0.15, -0.1) is 11.3 Å². The van der Waals surface area contributed by atoms with Crippen molar-refractivity contribution in [1.29, 1.82) is 0 Å². The zero-order valence-corrected chi connectivity index (χ0v) is 14.6. The maximum atomic E-state index is 12.0. The van der Waals surface area contributed by atoms with E-state index >= 15 is 0 Å². The molecule has 0 spiro atoms. The van der Waals surface area contributed by atoms with Crippen molar-refractivity contribution in [2.45, 2.75) is 39.3 Å². The van der Waals surface area contributed by atoms with Crippen LogP contribution in [0.5, 0.6) is 0 Å².